The first-order valence-corrected chi connectivity index (χ1v) is 7.99. The maximum atomic E-state index is 5.89. The number of aromatic nitrogens is 1. The topological polar surface area (TPSA) is 75.8 Å². The Morgan fingerprint density at radius 3 is 3.05 bits per heavy atom. The maximum absolute atomic E-state index is 5.89. The van der Waals surface area contributed by atoms with Crippen molar-refractivity contribution < 1.29 is 4.74 Å². The minimum atomic E-state index is 0.536. The number of aliphatic imine (C=N–C) groups is 1. The fourth-order valence-corrected chi connectivity index (χ4v) is 2.48. The summed E-state index contributed by atoms with van der Waals surface area (Å²) in [6, 6.07) is 2.05. The van der Waals surface area contributed by atoms with Crippen molar-refractivity contribution in [3.05, 3.63) is 29.6 Å². The molecule has 1 aliphatic rings. The lowest BCUT2D eigenvalue weighted by Gasteiger charge is -2.26. The standard InChI is InChI=1S/C16H27N5O/c1-14-13-18-6-3-15(14)4-7-20-16(17)19-5-2-8-21-9-11-22-12-10-21/h3,6,13H,2,4-5,7-12H2,1H3,(H3,17,19,20). The van der Waals surface area contributed by atoms with E-state index in [2.05, 4.69) is 27.1 Å². The predicted molar refractivity (Wildman–Crippen MR) is 89.0 cm³/mol. The van der Waals surface area contributed by atoms with Crippen LogP contribution < -0.4 is 11.1 Å². The first kappa shape index (κ1) is 16.7. The monoisotopic (exact) mass is 305 g/mol. The van der Waals surface area contributed by atoms with Crippen LogP contribution in [0.3, 0.4) is 0 Å². The number of guanidine groups is 1. The van der Waals surface area contributed by atoms with Crippen LogP contribution in [-0.4, -0.2) is 61.8 Å². The normalized spacial score (nSPS) is 16.7. The summed E-state index contributed by atoms with van der Waals surface area (Å²) >= 11 is 0. The van der Waals surface area contributed by atoms with Gasteiger partial charge in [-0.05, 0) is 37.0 Å². The molecule has 0 amide bonds. The van der Waals surface area contributed by atoms with Gasteiger partial charge in [-0.1, -0.05) is 0 Å². The third-order valence-corrected chi connectivity index (χ3v) is 3.86. The highest BCUT2D eigenvalue weighted by Crippen LogP contribution is 2.04. The van der Waals surface area contributed by atoms with E-state index in [0.29, 0.717) is 5.96 Å². The van der Waals surface area contributed by atoms with Gasteiger partial charge in [-0.3, -0.25) is 14.9 Å². The Hall–Kier alpha value is -1.66. The third kappa shape index (κ3) is 5.99. The molecule has 1 aromatic heterocycles. The van der Waals surface area contributed by atoms with Gasteiger partial charge in [-0.25, -0.2) is 0 Å². The number of nitrogens with two attached hydrogens (primary N) is 1. The lowest BCUT2D eigenvalue weighted by Crippen LogP contribution is -2.37. The fourth-order valence-electron chi connectivity index (χ4n) is 2.48. The van der Waals surface area contributed by atoms with Crippen LogP contribution in [-0.2, 0) is 11.2 Å². The van der Waals surface area contributed by atoms with E-state index in [-0.39, 0.29) is 0 Å². The Bertz CT molecular complexity index is 471. The van der Waals surface area contributed by atoms with Gasteiger partial charge in [0.1, 0.15) is 0 Å². The first-order valence-electron chi connectivity index (χ1n) is 7.99. The molecule has 0 unspecified atom stereocenters. The van der Waals surface area contributed by atoms with E-state index < -0.39 is 0 Å². The third-order valence-electron chi connectivity index (χ3n) is 3.86. The van der Waals surface area contributed by atoms with Crippen molar-refractivity contribution in [2.24, 2.45) is 10.7 Å². The highest BCUT2D eigenvalue weighted by Gasteiger charge is 2.08. The first-order chi connectivity index (χ1) is 10.8. The van der Waals surface area contributed by atoms with E-state index in [1.165, 1.54) is 11.1 Å². The zero-order valence-electron chi connectivity index (χ0n) is 13.4. The number of morpholine rings is 1. The van der Waals surface area contributed by atoms with Gasteiger partial charge < -0.3 is 15.8 Å². The molecule has 0 saturated carbocycles. The minimum absolute atomic E-state index is 0.536. The average Bonchev–Trinajstić information content (AvgIpc) is 2.54. The van der Waals surface area contributed by atoms with Gasteiger partial charge in [0.15, 0.2) is 5.96 Å². The van der Waals surface area contributed by atoms with Crippen LogP contribution in [0.4, 0.5) is 0 Å². The zero-order chi connectivity index (χ0) is 15.6. The summed E-state index contributed by atoms with van der Waals surface area (Å²) in [5, 5.41) is 3.17. The van der Waals surface area contributed by atoms with Crippen molar-refractivity contribution >= 4 is 5.96 Å². The van der Waals surface area contributed by atoms with Crippen LogP contribution in [0.25, 0.3) is 0 Å². The van der Waals surface area contributed by atoms with E-state index >= 15 is 0 Å². The molecule has 6 nitrogen and oxygen atoms in total. The van der Waals surface area contributed by atoms with Crippen molar-refractivity contribution in [3.8, 4) is 0 Å². The quantitative estimate of drug-likeness (QED) is 0.437. The molecule has 2 rings (SSSR count). The number of hydrogen-bond donors (Lipinski definition) is 2. The molecule has 1 saturated heterocycles. The second-order valence-corrected chi connectivity index (χ2v) is 5.55. The number of nitrogens with one attached hydrogen (secondary N) is 1. The van der Waals surface area contributed by atoms with Crippen molar-refractivity contribution in [1.82, 2.24) is 15.2 Å². The van der Waals surface area contributed by atoms with Gasteiger partial charge >= 0.3 is 0 Å². The number of aryl methyl sites for hydroxylation is 1. The molecule has 0 spiro atoms. The Morgan fingerprint density at radius 2 is 2.27 bits per heavy atom. The summed E-state index contributed by atoms with van der Waals surface area (Å²) in [6.45, 7) is 8.46. The van der Waals surface area contributed by atoms with Crippen molar-refractivity contribution in [3.63, 3.8) is 0 Å². The molecule has 0 aliphatic carbocycles. The average molecular weight is 305 g/mol. The van der Waals surface area contributed by atoms with Gasteiger partial charge in [-0.15, -0.1) is 0 Å². The number of pyridine rings is 1. The van der Waals surface area contributed by atoms with Crippen LogP contribution in [0.1, 0.15) is 17.5 Å². The van der Waals surface area contributed by atoms with Crippen molar-refractivity contribution in [2.75, 3.05) is 45.9 Å². The molecule has 0 atom stereocenters. The van der Waals surface area contributed by atoms with Crippen LogP contribution in [0.5, 0.6) is 0 Å². The van der Waals surface area contributed by atoms with Crippen LogP contribution in [0.2, 0.25) is 0 Å². The molecule has 22 heavy (non-hydrogen) atoms. The van der Waals surface area contributed by atoms with Crippen molar-refractivity contribution in [2.45, 2.75) is 19.8 Å². The molecule has 6 heteroatoms. The SMILES string of the molecule is Cc1cnccc1CCNC(N)=NCCCN1CCOCC1. The lowest BCUT2D eigenvalue weighted by molar-refractivity contribution is 0.0377. The molecule has 1 fully saturated rings. The Kier molecular flexibility index (Phi) is 7.12. The zero-order valence-corrected chi connectivity index (χ0v) is 13.4. The molecular weight excluding hydrogens is 278 g/mol. The van der Waals surface area contributed by atoms with Crippen LogP contribution in [0, 0.1) is 6.92 Å². The van der Waals surface area contributed by atoms with E-state index in [1.807, 2.05) is 18.5 Å². The molecule has 122 valence electrons. The molecule has 1 aliphatic heterocycles. The molecule has 2 heterocycles. The highest BCUT2D eigenvalue weighted by molar-refractivity contribution is 5.77. The predicted octanol–water partition coefficient (Wildman–Crippen LogP) is 0.559. The summed E-state index contributed by atoms with van der Waals surface area (Å²) < 4.78 is 5.33. The van der Waals surface area contributed by atoms with Crippen LogP contribution >= 0.6 is 0 Å². The van der Waals surface area contributed by atoms with Gasteiger partial charge in [0.05, 0.1) is 13.2 Å². The Balaban J connectivity index is 1.58. The van der Waals surface area contributed by atoms with E-state index in [1.54, 1.807) is 0 Å². The largest absolute Gasteiger partial charge is 0.379 e. The Labute approximate surface area is 132 Å². The summed E-state index contributed by atoms with van der Waals surface area (Å²) in [6.07, 6.45) is 5.67. The minimum Gasteiger partial charge on any atom is -0.379 e. The molecular formula is C16H27N5O. The summed E-state index contributed by atoms with van der Waals surface area (Å²) in [5.41, 5.74) is 8.40. The molecule has 3 N–H and O–H groups in total. The summed E-state index contributed by atoms with van der Waals surface area (Å²) in [4.78, 5) is 10.9. The second kappa shape index (κ2) is 9.38. The van der Waals surface area contributed by atoms with Gasteiger partial charge in [0, 0.05) is 45.1 Å². The molecule has 0 bridgehead atoms. The number of ether oxygens (including phenoxy) is 1. The van der Waals surface area contributed by atoms with E-state index in [9.17, 15) is 0 Å². The number of nitrogens with zero attached hydrogens (tertiary/aromatic N) is 3. The maximum Gasteiger partial charge on any atom is 0.188 e. The smallest absolute Gasteiger partial charge is 0.188 e. The molecule has 0 aromatic carbocycles. The van der Waals surface area contributed by atoms with E-state index in [4.69, 9.17) is 10.5 Å². The summed E-state index contributed by atoms with van der Waals surface area (Å²) in [7, 11) is 0. The molecule has 1 aromatic rings. The molecule has 0 radical (unpaired) electrons. The van der Waals surface area contributed by atoms with Crippen LogP contribution in [0.15, 0.2) is 23.5 Å². The highest BCUT2D eigenvalue weighted by atomic mass is 16.5. The van der Waals surface area contributed by atoms with Gasteiger partial charge in [0.2, 0.25) is 0 Å². The van der Waals surface area contributed by atoms with Gasteiger partial charge in [0.25, 0.3) is 0 Å². The van der Waals surface area contributed by atoms with Gasteiger partial charge in [-0.2, -0.15) is 0 Å². The van der Waals surface area contributed by atoms with Crippen molar-refractivity contribution in [1.29, 1.82) is 0 Å². The lowest BCUT2D eigenvalue weighted by atomic mass is 10.1. The Morgan fingerprint density at radius 1 is 1.45 bits per heavy atom. The number of rotatable bonds is 7. The number of hydrogen-bond acceptors (Lipinski definition) is 4. The second-order valence-electron chi connectivity index (χ2n) is 5.55. The van der Waals surface area contributed by atoms with E-state index in [0.717, 1.165) is 58.8 Å². The summed E-state index contributed by atoms with van der Waals surface area (Å²) in [5.74, 6) is 0.536. The fraction of sp³-hybridized carbons (Fsp3) is 0.625.